The van der Waals surface area contributed by atoms with E-state index in [4.69, 9.17) is 4.42 Å². The molecule has 32 heavy (non-hydrogen) atoms. The molecule has 1 N–H and O–H groups in total. The molecule has 0 aliphatic carbocycles. The first-order chi connectivity index (χ1) is 15.8. The number of fused-ring (bicyclic) bond motifs is 1. The quantitative estimate of drug-likeness (QED) is 0.376. The number of hydrogen-bond acceptors (Lipinski definition) is 7. The minimum Gasteiger partial charge on any atom is -0.467 e. The smallest absolute Gasteiger partial charge is 0.234 e. The lowest BCUT2D eigenvalue weighted by Crippen LogP contribution is -2.15. The summed E-state index contributed by atoms with van der Waals surface area (Å²) in [5.41, 5.74) is 1.38. The van der Waals surface area contributed by atoms with Crippen LogP contribution in [0.2, 0.25) is 0 Å². The molecule has 1 amide bonds. The molecule has 5 aromatic rings. The molecular weight excluding hydrogens is 424 g/mol. The number of furan rings is 1. The van der Waals surface area contributed by atoms with Gasteiger partial charge in [0.1, 0.15) is 11.5 Å². The lowest BCUT2D eigenvalue weighted by atomic mass is 10.1. The zero-order chi connectivity index (χ0) is 21.8. The molecule has 3 aromatic heterocycles. The van der Waals surface area contributed by atoms with Gasteiger partial charge < -0.3 is 9.73 Å². The Balaban J connectivity index is 1.35. The third kappa shape index (κ3) is 4.23. The van der Waals surface area contributed by atoms with E-state index in [0.717, 1.165) is 22.2 Å². The van der Waals surface area contributed by atoms with E-state index in [0.29, 0.717) is 23.2 Å². The number of thioether (sulfide) groups is 1. The van der Waals surface area contributed by atoms with Crippen LogP contribution in [-0.2, 0) is 11.3 Å². The number of rotatable bonds is 7. The number of hydrogen-bond donors (Lipinski definition) is 1. The maximum absolute atomic E-state index is 12.7. The molecule has 0 aliphatic rings. The van der Waals surface area contributed by atoms with Gasteiger partial charge in [0.25, 0.3) is 0 Å². The van der Waals surface area contributed by atoms with E-state index in [1.165, 1.54) is 11.8 Å². The predicted molar refractivity (Wildman–Crippen MR) is 122 cm³/mol. The molecule has 0 aliphatic heterocycles. The standard InChI is InChI=1S/C23H18N6O2S/c30-21(26-19-9-3-6-16-5-1-2-8-18(16)19)15-32-23-28-27-22(20-13-24-10-11-25-20)29(23)14-17-7-4-12-31-17/h1-13H,14-15H2,(H,26,30). The maximum atomic E-state index is 12.7. The highest BCUT2D eigenvalue weighted by atomic mass is 32.2. The molecule has 0 saturated carbocycles. The van der Waals surface area contributed by atoms with Gasteiger partial charge >= 0.3 is 0 Å². The number of aromatic nitrogens is 5. The number of anilines is 1. The van der Waals surface area contributed by atoms with Crippen molar-refractivity contribution in [2.75, 3.05) is 11.1 Å². The van der Waals surface area contributed by atoms with Crippen molar-refractivity contribution in [3.05, 3.63) is 85.2 Å². The lowest BCUT2D eigenvalue weighted by Gasteiger charge is -2.10. The van der Waals surface area contributed by atoms with Crippen LogP contribution in [0.1, 0.15) is 5.76 Å². The minimum absolute atomic E-state index is 0.125. The molecule has 0 atom stereocenters. The third-order valence-corrected chi connectivity index (χ3v) is 5.77. The second kappa shape index (κ2) is 9.03. The predicted octanol–water partition coefficient (Wildman–Crippen LogP) is 4.26. The van der Waals surface area contributed by atoms with E-state index >= 15 is 0 Å². The zero-order valence-electron chi connectivity index (χ0n) is 16.9. The largest absolute Gasteiger partial charge is 0.467 e. The zero-order valence-corrected chi connectivity index (χ0v) is 17.7. The molecule has 2 aromatic carbocycles. The highest BCUT2D eigenvalue weighted by Crippen LogP contribution is 2.26. The normalized spacial score (nSPS) is 11.0. The summed E-state index contributed by atoms with van der Waals surface area (Å²) in [5.74, 6) is 1.36. The van der Waals surface area contributed by atoms with Crippen LogP contribution in [-0.4, -0.2) is 36.4 Å². The van der Waals surface area contributed by atoms with Crippen molar-refractivity contribution in [3.63, 3.8) is 0 Å². The Morgan fingerprint density at radius 1 is 1.03 bits per heavy atom. The molecule has 9 heteroatoms. The monoisotopic (exact) mass is 442 g/mol. The van der Waals surface area contributed by atoms with Crippen LogP contribution in [0.3, 0.4) is 0 Å². The first kappa shape index (κ1) is 20.0. The topological polar surface area (TPSA) is 98.7 Å². The molecule has 158 valence electrons. The van der Waals surface area contributed by atoms with Crippen molar-refractivity contribution < 1.29 is 9.21 Å². The Bertz CT molecular complexity index is 1350. The molecule has 0 saturated heterocycles. The van der Waals surface area contributed by atoms with Crippen LogP contribution < -0.4 is 5.32 Å². The average Bonchev–Trinajstić information content (AvgIpc) is 3.49. The van der Waals surface area contributed by atoms with Crippen LogP contribution in [0, 0.1) is 0 Å². The minimum atomic E-state index is -0.125. The third-order valence-electron chi connectivity index (χ3n) is 4.80. The number of carbonyl (C=O) groups excluding carboxylic acids is 1. The van der Waals surface area contributed by atoms with Crippen molar-refractivity contribution in [2.45, 2.75) is 11.7 Å². The van der Waals surface area contributed by atoms with Crippen molar-refractivity contribution in [2.24, 2.45) is 0 Å². The number of amides is 1. The Hall–Kier alpha value is -3.98. The fraction of sp³-hybridized carbons (Fsp3) is 0.0870. The van der Waals surface area contributed by atoms with Crippen molar-refractivity contribution in [3.8, 4) is 11.5 Å². The summed E-state index contributed by atoms with van der Waals surface area (Å²) in [4.78, 5) is 21.1. The van der Waals surface area contributed by atoms with Gasteiger partial charge in [-0.1, -0.05) is 48.2 Å². The summed E-state index contributed by atoms with van der Waals surface area (Å²) in [6, 6.07) is 17.5. The summed E-state index contributed by atoms with van der Waals surface area (Å²) in [7, 11) is 0. The van der Waals surface area contributed by atoms with Crippen LogP contribution in [0.4, 0.5) is 5.69 Å². The summed E-state index contributed by atoms with van der Waals surface area (Å²) in [6.45, 7) is 0.416. The fourth-order valence-corrected chi connectivity index (χ4v) is 4.09. The van der Waals surface area contributed by atoms with Crippen molar-refractivity contribution in [1.29, 1.82) is 0 Å². The Labute approximate surface area is 187 Å². The number of carbonyl (C=O) groups is 1. The fourth-order valence-electron chi connectivity index (χ4n) is 3.35. The van der Waals surface area contributed by atoms with Gasteiger partial charge in [0.2, 0.25) is 5.91 Å². The first-order valence-corrected chi connectivity index (χ1v) is 10.9. The second-order valence-corrected chi connectivity index (χ2v) is 7.87. The van der Waals surface area contributed by atoms with Gasteiger partial charge in [-0.25, -0.2) is 4.98 Å². The number of benzene rings is 2. The highest BCUT2D eigenvalue weighted by Gasteiger charge is 2.18. The van der Waals surface area contributed by atoms with E-state index in [-0.39, 0.29) is 11.7 Å². The molecular formula is C23H18N6O2S. The molecule has 0 fully saturated rings. The van der Waals surface area contributed by atoms with Crippen LogP contribution in [0.25, 0.3) is 22.3 Å². The molecule has 0 radical (unpaired) electrons. The Morgan fingerprint density at radius 2 is 1.94 bits per heavy atom. The van der Waals surface area contributed by atoms with Gasteiger partial charge in [-0.05, 0) is 23.6 Å². The summed E-state index contributed by atoms with van der Waals surface area (Å²) in [6.07, 6.45) is 6.45. The summed E-state index contributed by atoms with van der Waals surface area (Å²) < 4.78 is 7.37. The lowest BCUT2D eigenvalue weighted by molar-refractivity contribution is -0.113. The average molecular weight is 443 g/mol. The van der Waals surface area contributed by atoms with E-state index in [1.54, 1.807) is 24.9 Å². The molecule has 0 bridgehead atoms. The summed E-state index contributed by atoms with van der Waals surface area (Å²) >= 11 is 1.30. The van der Waals surface area contributed by atoms with Crippen LogP contribution >= 0.6 is 11.8 Å². The molecule has 0 unspecified atom stereocenters. The highest BCUT2D eigenvalue weighted by molar-refractivity contribution is 7.99. The van der Waals surface area contributed by atoms with Crippen molar-refractivity contribution >= 4 is 34.1 Å². The van der Waals surface area contributed by atoms with Gasteiger partial charge in [-0.3, -0.25) is 14.3 Å². The first-order valence-electron chi connectivity index (χ1n) is 9.90. The van der Waals surface area contributed by atoms with E-state index in [9.17, 15) is 4.79 Å². The van der Waals surface area contributed by atoms with Crippen LogP contribution in [0.5, 0.6) is 0 Å². The van der Waals surface area contributed by atoms with Crippen molar-refractivity contribution in [1.82, 2.24) is 24.7 Å². The number of nitrogens with zero attached hydrogens (tertiary/aromatic N) is 5. The summed E-state index contributed by atoms with van der Waals surface area (Å²) in [5, 5.41) is 14.2. The Kier molecular flexibility index (Phi) is 5.63. The SMILES string of the molecule is O=C(CSc1nnc(-c2cnccn2)n1Cc1ccco1)Nc1cccc2ccccc12. The van der Waals surface area contributed by atoms with Gasteiger partial charge in [-0.15, -0.1) is 10.2 Å². The van der Waals surface area contributed by atoms with Crippen LogP contribution in [0.15, 0.2) is 89.0 Å². The van der Waals surface area contributed by atoms with E-state index < -0.39 is 0 Å². The van der Waals surface area contributed by atoms with E-state index in [1.807, 2.05) is 59.2 Å². The molecule has 5 rings (SSSR count). The second-order valence-electron chi connectivity index (χ2n) is 6.93. The van der Waals surface area contributed by atoms with Gasteiger partial charge in [0.05, 0.1) is 24.8 Å². The van der Waals surface area contributed by atoms with Gasteiger partial charge in [0, 0.05) is 23.5 Å². The van der Waals surface area contributed by atoms with Gasteiger partial charge in [-0.2, -0.15) is 0 Å². The Morgan fingerprint density at radius 3 is 2.78 bits per heavy atom. The molecule has 3 heterocycles. The molecule has 0 spiro atoms. The van der Waals surface area contributed by atoms with Gasteiger partial charge in [0.15, 0.2) is 11.0 Å². The molecule has 8 nitrogen and oxygen atoms in total. The maximum Gasteiger partial charge on any atom is 0.234 e. The number of nitrogens with one attached hydrogen (secondary N) is 1. The van der Waals surface area contributed by atoms with E-state index in [2.05, 4.69) is 25.5 Å².